The molecule has 0 saturated carbocycles. The van der Waals surface area contributed by atoms with E-state index in [1.807, 2.05) is 78.9 Å². The molecule has 0 saturated heterocycles. The fourth-order valence-corrected chi connectivity index (χ4v) is 8.90. The molecule has 9 rings (SSSR count). The van der Waals surface area contributed by atoms with E-state index < -0.39 is 30.4 Å². The Labute approximate surface area is 342 Å². The summed E-state index contributed by atoms with van der Waals surface area (Å²) in [5.41, 5.74) is 7.62. The van der Waals surface area contributed by atoms with E-state index in [0.717, 1.165) is 33.1 Å². The molecule has 1 aliphatic rings. The first-order valence-corrected chi connectivity index (χ1v) is 22.5. The van der Waals surface area contributed by atoms with Crippen molar-refractivity contribution >= 4 is 54.2 Å². The number of H-pyrrole nitrogens is 4. The maximum atomic E-state index is 12.2. The van der Waals surface area contributed by atoms with Crippen LogP contribution in [-0.2, 0) is 30.4 Å². The van der Waals surface area contributed by atoms with E-state index >= 15 is 0 Å². The Kier molecular flexibility index (Phi) is 9.35. The van der Waals surface area contributed by atoms with Crippen LogP contribution in [0.1, 0.15) is 28.3 Å². The maximum Gasteiger partial charge on any atom is 0.294 e. The molecule has 13 nitrogen and oxygen atoms in total. The van der Waals surface area contributed by atoms with Gasteiger partial charge < -0.3 is 19.9 Å². The number of hydrogen-bond acceptors (Lipinski definition) is 6. The molecule has 0 fully saturated rings. The van der Waals surface area contributed by atoms with Gasteiger partial charge in [-0.2, -0.15) is 25.3 Å². The SMILES string of the molecule is O=S(=O)(O)c1ccc(-c2ccc(C3=c4ccc([nH]4)=Cc4ccc([nH]4)C=c4ccc([nH]4)=Cc4ccc3[nH]4)c(-c3ccc(S(=O)(=O)O)cc3)c2-c2ccc(S(=O)(=O)O)cc2)cc1. The minimum Gasteiger partial charge on any atom is -0.355 e. The molecular weight excluding hydrogens is 825 g/mol. The zero-order valence-electron chi connectivity index (χ0n) is 30.9. The lowest BCUT2D eigenvalue weighted by Gasteiger charge is -2.22. The first-order valence-electron chi connectivity index (χ1n) is 18.2. The second kappa shape index (κ2) is 14.5. The van der Waals surface area contributed by atoms with Crippen LogP contribution in [0, 0.1) is 0 Å². The molecule has 16 heteroatoms. The van der Waals surface area contributed by atoms with Crippen molar-refractivity contribution in [3.8, 4) is 33.4 Å². The number of aromatic nitrogens is 4. The van der Waals surface area contributed by atoms with Crippen LogP contribution in [0.15, 0.2) is 148 Å². The van der Waals surface area contributed by atoms with E-state index in [1.165, 1.54) is 60.7 Å². The second-order valence-electron chi connectivity index (χ2n) is 14.1. The van der Waals surface area contributed by atoms with Crippen molar-refractivity contribution in [2.75, 3.05) is 0 Å². The molecule has 0 radical (unpaired) electrons. The molecule has 7 N–H and O–H groups in total. The van der Waals surface area contributed by atoms with Gasteiger partial charge in [0.15, 0.2) is 0 Å². The van der Waals surface area contributed by atoms with Gasteiger partial charge in [0.05, 0.1) is 14.7 Å². The summed E-state index contributed by atoms with van der Waals surface area (Å²) in [5, 5.41) is 3.22. The van der Waals surface area contributed by atoms with Gasteiger partial charge in [-0.25, -0.2) is 0 Å². The highest BCUT2D eigenvalue weighted by atomic mass is 32.2. The largest absolute Gasteiger partial charge is 0.355 e. The van der Waals surface area contributed by atoms with Crippen LogP contribution < -0.4 is 21.4 Å². The van der Waals surface area contributed by atoms with Crippen molar-refractivity contribution in [3.63, 3.8) is 0 Å². The lowest BCUT2D eigenvalue weighted by atomic mass is 9.82. The number of aromatic amines is 4. The standard InChI is InChI=1S/C44H32N4O9S3/c49-58(50,51)35-13-1-26(2-14-35)38-19-20-39(43(28-5-17-37(18-6-28)60(55,56)57)42(38)27-3-15-36(16-4-27)59(52,53)54)44-40-21-11-33(47-40)24-31-9-7-29(45-31)23-30-8-10-32(46-30)25-34-12-22-41(44)48-34/h1-25,45-48H,(H,49,50,51)(H,52,53,54)(H,55,56,57). The molecule has 5 heterocycles. The first kappa shape index (κ1) is 38.7. The quantitative estimate of drug-likeness (QED) is 0.109. The van der Waals surface area contributed by atoms with Gasteiger partial charge in [-0.3, -0.25) is 13.7 Å². The lowest BCUT2D eigenvalue weighted by molar-refractivity contribution is 0.481. The van der Waals surface area contributed by atoms with Crippen molar-refractivity contribution in [2.24, 2.45) is 0 Å². The number of rotatable bonds is 7. The van der Waals surface area contributed by atoms with Crippen LogP contribution in [0.2, 0.25) is 0 Å². The summed E-state index contributed by atoms with van der Waals surface area (Å²) in [6, 6.07) is 36.1. The zero-order valence-corrected chi connectivity index (χ0v) is 33.4. The predicted octanol–water partition coefficient (Wildman–Crippen LogP) is 4.79. The highest BCUT2D eigenvalue weighted by Crippen LogP contribution is 2.45. The third-order valence-electron chi connectivity index (χ3n) is 10.2. The summed E-state index contributed by atoms with van der Waals surface area (Å²) in [5.74, 6) is 0. The van der Waals surface area contributed by atoms with Crippen molar-refractivity contribution in [1.29, 1.82) is 0 Å². The van der Waals surface area contributed by atoms with Crippen LogP contribution in [-0.4, -0.2) is 58.8 Å². The molecule has 8 bridgehead atoms. The van der Waals surface area contributed by atoms with Crippen molar-refractivity contribution in [1.82, 2.24) is 19.9 Å². The summed E-state index contributed by atoms with van der Waals surface area (Å²) < 4.78 is 102. The molecular formula is C44H32N4O9S3. The van der Waals surface area contributed by atoms with E-state index in [1.54, 1.807) is 12.1 Å². The predicted molar refractivity (Wildman–Crippen MR) is 226 cm³/mol. The van der Waals surface area contributed by atoms with Crippen LogP contribution in [0.3, 0.4) is 0 Å². The number of hydrogen-bond donors (Lipinski definition) is 7. The van der Waals surface area contributed by atoms with Gasteiger partial charge in [-0.1, -0.05) is 48.5 Å². The molecule has 4 aromatic carbocycles. The molecule has 300 valence electrons. The Hall–Kier alpha value is -6.79. The Balaban J connectivity index is 1.40. The average Bonchev–Trinajstić information content (AvgIpc) is 4.04. The maximum absolute atomic E-state index is 12.2. The third kappa shape index (κ3) is 7.61. The highest BCUT2D eigenvalue weighted by Gasteiger charge is 2.24. The molecule has 0 aliphatic carbocycles. The minimum atomic E-state index is -4.58. The van der Waals surface area contributed by atoms with Gasteiger partial charge in [0.25, 0.3) is 30.4 Å². The lowest BCUT2D eigenvalue weighted by Crippen LogP contribution is -2.15. The van der Waals surface area contributed by atoms with E-state index in [-0.39, 0.29) is 14.7 Å². The van der Waals surface area contributed by atoms with Crippen LogP contribution >= 0.6 is 0 Å². The van der Waals surface area contributed by atoms with E-state index in [4.69, 9.17) is 0 Å². The summed E-state index contributed by atoms with van der Waals surface area (Å²) in [6.45, 7) is 0. The molecule has 0 atom stereocenters. The van der Waals surface area contributed by atoms with Crippen molar-refractivity contribution < 1.29 is 38.9 Å². The van der Waals surface area contributed by atoms with Gasteiger partial charge in [-0.15, -0.1) is 0 Å². The monoisotopic (exact) mass is 856 g/mol. The average molecular weight is 857 g/mol. The topological polar surface area (TPSA) is 226 Å². The molecule has 8 aromatic rings. The smallest absolute Gasteiger partial charge is 0.294 e. The van der Waals surface area contributed by atoms with Crippen LogP contribution in [0.25, 0.3) is 57.2 Å². The van der Waals surface area contributed by atoms with E-state index in [0.29, 0.717) is 55.6 Å². The summed E-state index contributed by atoms with van der Waals surface area (Å²) in [7, 11) is -13.7. The molecule has 4 aromatic heterocycles. The van der Waals surface area contributed by atoms with E-state index in [9.17, 15) is 38.9 Å². The van der Waals surface area contributed by atoms with Gasteiger partial charge >= 0.3 is 0 Å². The fourth-order valence-electron chi connectivity index (χ4n) is 7.46. The highest BCUT2D eigenvalue weighted by molar-refractivity contribution is 7.86. The number of benzene rings is 4. The molecule has 0 unspecified atom stereocenters. The van der Waals surface area contributed by atoms with Crippen molar-refractivity contribution in [3.05, 3.63) is 183 Å². The first-order chi connectivity index (χ1) is 28.6. The fraction of sp³-hybridized carbons (Fsp3) is 0. The second-order valence-corrected chi connectivity index (χ2v) is 18.4. The van der Waals surface area contributed by atoms with Gasteiger partial charge in [0.1, 0.15) is 0 Å². The molecule has 60 heavy (non-hydrogen) atoms. The Morgan fingerprint density at radius 1 is 0.350 bits per heavy atom. The third-order valence-corrected chi connectivity index (χ3v) is 12.8. The number of nitrogens with one attached hydrogen (secondary N) is 4. The van der Waals surface area contributed by atoms with E-state index in [2.05, 4.69) is 19.9 Å². The Bertz CT molecular complexity index is 3600. The van der Waals surface area contributed by atoms with Crippen LogP contribution in [0.5, 0.6) is 0 Å². The molecule has 0 spiro atoms. The summed E-state index contributed by atoms with van der Waals surface area (Å²) in [4.78, 5) is 12.9. The molecule has 0 amide bonds. The Morgan fingerprint density at radius 3 is 1.25 bits per heavy atom. The van der Waals surface area contributed by atoms with Gasteiger partial charge in [0, 0.05) is 49.7 Å². The zero-order chi connectivity index (χ0) is 42.0. The molecule has 1 aliphatic heterocycles. The van der Waals surface area contributed by atoms with Gasteiger partial charge in [0.2, 0.25) is 0 Å². The normalized spacial score (nSPS) is 13.0. The van der Waals surface area contributed by atoms with Crippen molar-refractivity contribution in [2.45, 2.75) is 14.7 Å². The minimum absolute atomic E-state index is 0.326. The number of fused-ring (bicyclic) bond motifs is 8. The van der Waals surface area contributed by atoms with Crippen LogP contribution in [0.4, 0.5) is 0 Å². The summed E-state index contributed by atoms with van der Waals surface area (Å²) in [6.07, 6.45) is 5.95. The van der Waals surface area contributed by atoms with Gasteiger partial charge in [-0.05, 0) is 142 Å². The summed E-state index contributed by atoms with van der Waals surface area (Å²) >= 11 is 0. The Morgan fingerprint density at radius 2 is 0.750 bits per heavy atom.